The lowest BCUT2D eigenvalue weighted by molar-refractivity contribution is 0.241. The van der Waals surface area contributed by atoms with Crippen LogP contribution in [0.5, 0.6) is 0 Å². The van der Waals surface area contributed by atoms with Crippen molar-refractivity contribution in [3.05, 3.63) is 0 Å². The van der Waals surface area contributed by atoms with Gasteiger partial charge in [-0.3, -0.25) is 4.79 Å². The van der Waals surface area contributed by atoms with E-state index in [0.717, 1.165) is 16.1 Å². The van der Waals surface area contributed by atoms with Gasteiger partial charge in [0.05, 0.1) is 0 Å². The summed E-state index contributed by atoms with van der Waals surface area (Å²) in [4.78, 5) is 16.9. The average Bonchev–Trinajstić information content (AvgIpc) is 2.52. The molecule has 0 fully saturated rings. The maximum atomic E-state index is 11.2. The fraction of sp³-hybridized carbons (Fsp3) is 0.500. The van der Waals surface area contributed by atoms with Gasteiger partial charge in [0.15, 0.2) is 4.34 Å². The highest BCUT2D eigenvalue weighted by Crippen LogP contribution is 2.23. The first-order valence-electron chi connectivity index (χ1n) is 3.40. The summed E-state index contributed by atoms with van der Waals surface area (Å²) < 4.78 is 4.92. The number of aromatic nitrogens is 2. The monoisotopic (exact) mass is 235 g/mol. The topological polar surface area (TPSA) is 46.1 Å². The summed E-state index contributed by atoms with van der Waals surface area (Å²) >= 11 is 3.90. The molecule has 1 aromatic rings. The van der Waals surface area contributed by atoms with Crippen LogP contribution in [0.1, 0.15) is 0 Å². The van der Waals surface area contributed by atoms with Crippen molar-refractivity contribution in [2.24, 2.45) is 0 Å². The molecule has 0 spiro atoms. The number of rotatable bonds is 2. The van der Waals surface area contributed by atoms with E-state index < -0.39 is 0 Å². The van der Waals surface area contributed by atoms with E-state index in [0.29, 0.717) is 5.16 Å². The molecule has 0 saturated heterocycles. The first kappa shape index (κ1) is 10.8. The van der Waals surface area contributed by atoms with E-state index in [4.69, 9.17) is 0 Å². The van der Waals surface area contributed by atoms with Gasteiger partial charge in [0.2, 0.25) is 5.16 Å². The predicted octanol–water partition coefficient (Wildman–Crippen LogP) is 2.03. The average molecular weight is 235 g/mol. The maximum absolute atomic E-state index is 11.2. The van der Waals surface area contributed by atoms with E-state index >= 15 is 0 Å². The van der Waals surface area contributed by atoms with Crippen molar-refractivity contribution < 1.29 is 4.79 Å². The van der Waals surface area contributed by atoms with Gasteiger partial charge >= 0.3 is 0 Å². The Morgan fingerprint density at radius 1 is 1.54 bits per heavy atom. The molecule has 0 radical (unpaired) electrons. The third-order valence-electron chi connectivity index (χ3n) is 1.11. The van der Waals surface area contributed by atoms with Crippen LogP contribution in [-0.4, -0.2) is 39.8 Å². The summed E-state index contributed by atoms with van der Waals surface area (Å²) in [5.74, 6) is 0. The molecule has 1 heterocycles. The van der Waals surface area contributed by atoms with Crippen LogP contribution in [0.25, 0.3) is 0 Å². The molecule has 0 atom stereocenters. The Morgan fingerprint density at radius 2 is 2.23 bits per heavy atom. The second kappa shape index (κ2) is 4.83. The van der Waals surface area contributed by atoms with Crippen molar-refractivity contribution in [1.82, 2.24) is 14.3 Å². The lowest BCUT2D eigenvalue weighted by Gasteiger charge is -2.05. The molecule has 4 nitrogen and oxygen atoms in total. The summed E-state index contributed by atoms with van der Waals surface area (Å²) in [5.41, 5.74) is 0. The SMILES string of the molecule is CSc1nc(SC(=O)N(C)C)ns1. The standard InChI is InChI=1S/C6H9N3OS3/c1-9(2)6(10)12-4-7-5(11-3)13-8-4/h1-3H3. The molecule has 0 aliphatic carbocycles. The number of carbonyl (C=O) groups is 1. The molecule has 13 heavy (non-hydrogen) atoms. The summed E-state index contributed by atoms with van der Waals surface area (Å²) in [5, 5.41) is 0.485. The summed E-state index contributed by atoms with van der Waals surface area (Å²) in [6.07, 6.45) is 1.93. The van der Waals surface area contributed by atoms with E-state index in [1.54, 1.807) is 14.1 Å². The molecule has 1 rings (SSSR count). The highest BCUT2D eigenvalue weighted by molar-refractivity contribution is 8.13. The van der Waals surface area contributed by atoms with Gasteiger partial charge < -0.3 is 4.90 Å². The van der Waals surface area contributed by atoms with Gasteiger partial charge in [0.25, 0.3) is 5.24 Å². The molecule has 0 saturated carbocycles. The Kier molecular flexibility index (Phi) is 4.01. The minimum Gasteiger partial charge on any atom is -0.339 e. The molecule has 0 bridgehead atoms. The lowest BCUT2D eigenvalue weighted by Crippen LogP contribution is -2.16. The van der Waals surface area contributed by atoms with Crippen molar-refractivity contribution in [2.75, 3.05) is 20.4 Å². The first-order chi connectivity index (χ1) is 6.13. The first-order valence-corrected chi connectivity index (χ1v) is 6.21. The van der Waals surface area contributed by atoms with Crippen LogP contribution >= 0.6 is 35.1 Å². The third kappa shape index (κ3) is 3.17. The summed E-state index contributed by atoms with van der Waals surface area (Å²) in [6.45, 7) is 0. The van der Waals surface area contributed by atoms with Crippen LogP contribution < -0.4 is 0 Å². The largest absolute Gasteiger partial charge is 0.339 e. The molecule has 72 valence electrons. The second-order valence-corrected chi connectivity index (χ2v) is 5.03. The van der Waals surface area contributed by atoms with Crippen LogP contribution in [0.4, 0.5) is 4.79 Å². The van der Waals surface area contributed by atoms with Gasteiger partial charge in [-0.05, 0) is 17.8 Å². The molecule has 1 amide bonds. The fourth-order valence-corrected chi connectivity index (χ4v) is 2.25. The Morgan fingerprint density at radius 3 is 2.69 bits per heavy atom. The molecule has 0 aromatic carbocycles. The zero-order valence-corrected chi connectivity index (χ0v) is 9.92. The van der Waals surface area contributed by atoms with Gasteiger partial charge in [-0.1, -0.05) is 11.8 Å². The van der Waals surface area contributed by atoms with Crippen LogP contribution in [0.2, 0.25) is 0 Å². The molecular weight excluding hydrogens is 226 g/mol. The fourth-order valence-electron chi connectivity index (χ4n) is 0.491. The van der Waals surface area contributed by atoms with Crippen molar-refractivity contribution in [3.63, 3.8) is 0 Å². The van der Waals surface area contributed by atoms with Crippen LogP contribution in [-0.2, 0) is 0 Å². The van der Waals surface area contributed by atoms with E-state index in [-0.39, 0.29) is 5.24 Å². The Labute approximate surface area is 89.3 Å². The molecule has 0 aliphatic heterocycles. The third-order valence-corrected chi connectivity index (χ3v) is 3.80. The van der Waals surface area contributed by atoms with E-state index in [9.17, 15) is 4.79 Å². The van der Waals surface area contributed by atoms with Crippen LogP contribution in [0.3, 0.4) is 0 Å². The van der Waals surface area contributed by atoms with Crippen LogP contribution in [0, 0.1) is 0 Å². The molecule has 0 aliphatic rings. The Hall–Kier alpha value is -0.270. The summed E-state index contributed by atoms with van der Waals surface area (Å²) in [7, 11) is 3.41. The van der Waals surface area contributed by atoms with Gasteiger partial charge in [-0.25, -0.2) is 4.98 Å². The highest BCUT2D eigenvalue weighted by atomic mass is 32.2. The molecule has 0 N–H and O–H groups in total. The van der Waals surface area contributed by atoms with Gasteiger partial charge in [0, 0.05) is 25.9 Å². The van der Waals surface area contributed by atoms with Gasteiger partial charge in [0.1, 0.15) is 0 Å². The zero-order chi connectivity index (χ0) is 9.84. The maximum Gasteiger partial charge on any atom is 0.288 e. The predicted molar refractivity (Wildman–Crippen MR) is 56.6 cm³/mol. The van der Waals surface area contributed by atoms with E-state index in [1.165, 1.54) is 28.2 Å². The Bertz CT molecular complexity index is 299. The highest BCUT2D eigenvalue weighted by Gasteiger charge is 2.11. The minimum atomic E-state index is -0.0505. The van der Waals surface area contributed by atoms with Gasteiger partial charge in [-0.2, -0.15) is 4.37 Å². The molecule has 1 aromatic heterocycles. The normalized spacial score (nSPS) is 10.1. The zero-order valence-electron chi connectivity index (χ0n) is 7.47. The second-order valence-electron chi connectivity index (χ2n) is 2.31. The summed E-state index contributed by atoms with van der Waals surface area (Å²) in [6, 6.07) is 0. The smallest absolute Gasteiger partial charge is 0.288 e. The minimum absolute atomic E-state index is 0.0505. The van der Waals surface area contributed by atoms with Crippen molar-refractivity contribution >= 4 is 40.3 Å². The number of amides is 1. The van der Waals surface area contributed by atoms with Crippen LogP contribution in [0.15, 0.2) is 9.50 Å². The van der Waals surface area contributed by atoms with Crippen molar-refractivity contribution in [3.8, 4) is 0 Å². The van der Waals surface area contributed by atoms with Gasteiger partial charge in [-0.15, -0.1) is 0 Å². The molecule has 7 heteroatoms. The number of hydrogen-bond acceptors (Lipinski definition) is 6. The van der Waals surface area contributed by atoms with E-state index in [2.05, 4.69) is 9.36 Å². The van der Waals surface area contributed by atoms with Crippen molar-refractivity contribution in [1.29, 1.82) is 0 Å². The number of carbonyl (C=O) groups excluding carboxylic acids is 1. The van der Waals surface area contributed by atoms with Crippen molar-refractivity contribution in [2.45, 2.75) is 9.50 Å². The molecular formula is C6H9N3OS3. The lowest BCUT2D eigenvalue weighted by atomic mass is 11.0. The van der Waals surface area contributed by atoms with E-state index in [1.807, 2.05) is 6.26 Å². The number of hydrogen-bond donors (Lipinski definition) is 0. The number of thioether (sulfide) groups is 2. The molecule has 0 unspecified atom stereocenters. The quantitative estimate of drug-likeness (QED) is 0.734. The Balaban J connectivity index is 2.59. The number of nitrogens with zero attached hydrogens (tertiary/aromatic N) is 3.